The Bertz CT molecular complexity index is 247. The fourth-order valence-electron chi connectivity index (χ4n) is 2.24. The first-order valence-corrected chi connectivity index (χ1v) is 5.98. The maximum absolute atomic E-state index is 11.2. The first kappa shape index (κ1) is 13.5. The molecule has 4 nitrogen and oxygen atoms in total. The Morgan fingerprint density at radius 1 is 1.44 bits per heavy atom. The predicted molar refractivity (Wildman–Crippen MR) is 62.5 cm³/mol. The van der Waals surface area contributed by atoms with Gasteiger partial charge in [0.1, 0.15) is 0 Å². The first-order valence-electron chi connectivity index (χ1n) is 5.98. The van der Waals surface area contributed by atoms with E-state index in [2.05, 4.69) is 4.90 Å². The molecule has 0 saturated carbocycles. The van der Waals surface area contributed by atoms with E-state index >= 15 is 0 Å². The minimum Gasteiger partial charge on any atom is -0.481 e. The van der Waals surface area contributed by atoms with Crippen LogP contribution < -0.4 is 0 Å². The van der Waals surface area contributed by atoms with E-state index in [9.17, 15) is 9.90 Å². The van der Waals surface area contributed by atoms with Gasteiger partial charge in [0, 0.05) is 19.6 Å². The van der Waals surface area contributed by atoms with Crippen LogP contribution in [0.15, 0.2) is 0 Å². The van der Waals surface area contributed by atoms with E-state index in [0.29, 0.717) is 13.0 Å². The third-order valence-electron chi connectivity index (χ3n) is 3.36. The maximum atomic E-state index is 11.2. The molecule has 1 saturated heterocycles. The Labute approximate surface area is 97.6 Å². The zero-order chi connectivity index (χ0) is 12.3. The Morgan fingerprint density at radius 2 is 1.94 bits per heavy atom. The molecule has 0 aromatic rings. The van der Waals surface area contributed by atoms with Crippen LogP contribution in [0.1, 0.15) is 34.1 Å². The van der Waals surface area contributed by atoms with Gasteiger partial charge >= 0.3 is 5.97 Å². The number of carboxylic acid groups (broad SMARTS) is 1. The molecule has 0 aliphatic carbocycles. The van der Waals surface area contributed by atoms with E-state index in [-0.39, 0.29) is 12.2 Å². The number of morpholine rings is 1. The van der Waals surface area contributed by atoms with Crippen molar-refractivity contribution in [2.24, 2.45) is 5.41 Å². The van der Waals surface area contributed by atoms with E-state index in [4.69, 9.17) is 4.74 Å². The van der Waals surface area contributed by atoms with Gasteiger partial charge < -0.3 is 9.84 Å². The van der Waals surface area contributed by atoms with Gasteiger partial charge in [0.15, 0.2) is 0 Å². The lowest BCUT2D eigenvalue weighted by Crippen LogP contribution is -2.50. The number of hydrogen-bond donors (Lipinski definition) is 1. The summed E-state index contributed by atoms with van der Waals surface area (Å²) in [5.41, 5.74) is -0.642. The molecule has 1 aliphatic heterocycles. The second kappa shape index (κ2) is 5.15. The summed E-state index contributed by atoms with van der Waals surface area (Å²) in [6, 6.07) is 0. The fourth-order valence-corrected chi connectivity index (χ4v) is 2.24. The summed E-state index contributed by atoms with van der Waals surface area (Å²) in [5, 5.41) is 9.24. The van der Waals surface area contributed by atoms with Gasteiger partial charge in [-0.1, -0.05) is 6.92 Å². The molecule has 0 aromatic heterocycles. The average molecular weight is 229 g/mol. The minimum atomic E-state index is -0.707. The van der Waals surface area contributed by atoms with Crippen LogP contribution in [0.25, 0.3) is 0 Å². The monoisotopic (exact) mass is 229 g/mol. The second-order valence-corrected chi connectivity index (χ2v) is 5.17. The summed E-state index contributed by atoms with van der Waals surface area (Å²) in [7, 11) is 0. The lowest BCUT2D eigenvalue weighted by molar-refractivity contribution is -0.151. The van der Waals surface area contributed by atoms with Crippen LogP contribution in [0.2, 0.25) is 0 Å². The van der Waals surface area contributed by atoms with Gasteiger partial charge in [-0.15, -0.1) is 0 Å². The highest BCUT2D eigenvalue weighted by molar-refractivity contribution is 5.74. The second-order valence-electron chi connectivity index (χ2n) is 5.17. The Kier molecular flexibility index (Phi) is 4.33. The number of rotatable bonds is 4. The number of hydrogen-bond acceptors (Lipinski definition) is 3. The quantitative estimate of drug-likeness (QED) is 0.795. The molecule has 0 bridgehead atoms. The molecule has 1 fully saturated rings. The first-order chi connectivity index (χ1) is 7.37. The Morgan fingerprint density at radius 3 is 2.31 bits per heavy atom. The van der Waals surface area contributed by atoms with Gasteiger partial charge in [0.25, 0.3) is 0 Å². The van der Waals surface area contributed by atoms with Crippen LogP contribution in [0, 0.1) is 5.41 Å². The van der Waals surface area contributed by atoms with Crippen molar-refractivity contribution in [3.63, 3.8) is 0 Å². The van der Waals surface area contributed by atoms with Gasteiger partial charge in [-0.3, -0.25) is 9.69 Å². The van der Waals surface area contributed by atoms with Gasteiger partial charge in [-0.2, -0.15) is 0 Å². The molecule has 1 aliphatic rings. The van der Waals surface area contributed by atoms with E-state index in [1.165, 1.54) is 0 Å². The highest BCUT2D eigenvalue weighted by Crippen LogP contribution is 2.24. The molecule has 4 heteroatoms. The topological polar surface area (TPSA) is 49.8 Å². The number of carbonyl (C=O) groups is 1. The Balaban J connectivity index is 2.61. The fraction of sp³-hybridized carbons (Fsp3) is 0.917. The number of ether oxygens (including phenoxy) is 1. The zero-order valence-electron chi connectivity index (χ0n) is 10.7. The van der Waals surface area contributed by atoms with Crippen LogP contribution in [0.4, 0.5) is 0 Å². The average Bonchev–Trinajstić information content (AvgIpc) is 2.15. The number of aliphatic carboxylic acids is 1. The Hall–Kier alpha value is -0.610. The molecular formula is C12H23NO3. The summed E-state index contributed by atoms with van der Waals surface area (Å²) in [4.78, 5) is 13.4. The van der Waals surface area contributed by atoms with Crippen LogP contribution in [0.3, 0.4) is 0 Å². The summed E-state index contributed by atoms with van der Waals surface area (Å²) in [5.74, 6) is -0.707. The SMILES string of the molecule is CCC(C)(CN1C[C@@H](C)O[C@@H](C)C1)C(=O)O. The molecule has 1 N–H and O–H groups in total. The van der Waals surface area contributed by atoms with E-state index in [0.717, 1.165) is 13.1 Å². The third-order valence-corrected chi connectivity index (χ3v) is 3.36. The normalized spacial score (nSPS) is 31.0. The van der Waals surface area contributed by atoms with Crippen molar-refractivity contribution < 1.29 is 14.6 Å². The molecular weight excluding hydrogens is 206 g/mol. The number of nitrogens with zero attached hydrogens (tertiary/aromatic N) is 1. The van der Waals surface area contributed by atoms with Crippen molar-refractivity contribution in [1.82, 2.24) is 4.90 Å². The smallest absolute Gasteiger partial charge is 0.310 e. The molecule has 94 valence electrons. The number of carboxylic acids is 1. The van der Waals surface area contributed by atoms with Crippen LogP contribution in [-0.4, -0.2) is 47.8 Å². The summed E-state index contributed by atoms with van der Waals surface area (Å²) in [6.07, 6.45) is 1.04. The van der Waals surface area contributed by atoms with Crippen molar-refractivity contribution in [1.29, 1.82) is 0 Å². The lowest BCUT2D eigenvalue weighted by atomic mass is 9.86. The molecule has 1 unspecified atom stereocenters. The predicted octanol–water partition coefficient (Wildman–Crippen LogP) is 1.60. The molecule has 0 amide bonds. The molecule has 1 heterocycles. The van der Waals surface area contributed by atoms with Crippen LogP contribution in [-0.2, 0) is 9.53 Å². The molecule has 0 aromatic carbocycles. The van der Waals surface area contributed by atoms with Crippen LogP contribution >= 0.6 is 0 Å². The van der Waals surface area contributed by atoms with Gasteiger partial charge in [-0.25, -0.2) is 0 Å². The van der Waals surface area contributed by atoms with Gasteiger partial charge in [0.05, 0.1) is 17.6 Å². The van der Waals surface area contributed by atoms with E-state index in [1.807, 2.05) is 27.7 Å². The maximum Gasteiger partial charge on any atom is 0.310 e. The molecule has 1 rings (SSSR count). The highest BCUT2D eigenvalue weighted by Gasteiger charge is 2.35. The van der Waals surface area contributed by atoms with Crippen molar-refractivity contribution in [2.75, 3.05) is 19.6 Å². The van der Waals surface area contributed by atoms with E-state index in [1.54, 1.807) is 0 Å². The molecule has 3 atom stereocenters. The van der Waals surface area contributed by atoms with Crippen molar-refractivity contribution in [3.8, 4) is 0 Å². The molecule has 0 radical (unpaired) electrons. The highest BCUT2D eigenvalue weighted by atomic mass is 16.5. The van der Waals surface area contributed by atoms with Gasteiger partial charge in [0.2, 0.25) is 0 Å². The lowest BCUT2D eigenvalue weighted by Gasteiger charge is -2.39. The summed E-state index contributed by atoms with van der Waals surface area (Å²) >= 11 is 0. The van der Waals surface area contributed by atoms with Crippen LogP contribution in [0.5, 0.6) is 0 Å². The minimum absolute atomic E-state index is 0.193. The van der Waals surface area contributed by atoms with Gasteiger partial charge in [-0.05, 0) is 27.2 Å². The summed E-state index contributed by atoms with van der Waals surface area (Å²) < 4.78 is 5.64. The molecule has 0 spiro atoms. The standard InChI is InChI=1S/C12H23NO3/c1-5-12(4,11(14)15)8-13-6-9(2)16-10(3)7-13/h9-10H,5-8H2,1-4H3,(H,14,15)/t9-,10+,12?. The molecule has 16 heavy (non-hydrogen) atoms. The van der Waals surface area contributed by atoms with Crippen molar-refractivity contribution in [2.45, 2.75) is 46.3 Å². The summed E-state index contributed by atoms with van der Waals surface area (Å²) in [6.45, 7) is 10.1. The third kappa shape index (κ3) is 3.19. The zero-order valence-corrected chi connectivity index (χ0v) is 10.7. The van der Waals surface area contributed by atoms with E-state index < -0.39 is 11.4 Å². The largest absolute Gasteiger partial charge is 0.481 e. The van der Waals surface area contributed by atoms with Crippen molar-refractivity contribution >= 4 is 5.97 Å². The van der Waals surface area contributed by atoms with Crippen molar-refractivity contribution in [3.05, 3.63) is 0 Å².